The number of fused-ring (bicyclic) bond motifs is 1. The molecule has 0 atom stereocenters. The van der Waals surface area contributed by atoms with Gasteiger partial charge in [0.2, 0.25) is 0 Å². The number of aromatic hydroxyl groups is 1. The number of rotatable bonds is 23. The third-order valence-electron chi connectivity index (χ3n) is 8.18. The van der Waals surface area contributed by atoms with Crippen molar-refractivity contribution in [3.8, 4) is 5.75 Å². The van der Waals surface area contributed by atoms with Gasteiger partial charge in [-0.1, -0.05) is 154 Å². The largest absolute Gasteiger partial charge is 0.506 e. The second-order valence-electron chi connectivity index (χ2n) is 11.5. The minimum atomic E-state index is -4.55. The van der Waals surface area contributed by atoms with Crippen LogP contribution < -0.4 is 0 Å². The highest BCUT2D eigenvalue weighted by Gasteiger charge is 2.25. The van der Waals surface area contributed by atoms with E-state index < -0.39 is 10.1 Å². The van der Waals surface area contributed by atoms with Crippen molar-refractivity contribution in [3.05, 3.63) is 35.4 Å². The van der Waals surface area contributed by atoms with Crippen LogP contribution in [0.2, 0.25) is 0 Å². The van der Waals surface area contributed by atoms with Crippen LogP contribution in [0.15, 0.2) is 29.2 Å². The Bertz CT molecular complexity index is 1040. The molecule has 4 nitrogen and oxygen atoms in total. The summed E-state index contributed by atoms with van der Waals surface area (Å²) in [5, 5.41) is 12.4. The zero-order valence-electron chi connectivity index (χ0n) is 25.0. The zero-order chi connectivity index (χ0) is 28.3. The predicted molar refractivity (Wildman–Crippen MR) is 167 cm³/mol. The summed E-state index contributed by atoms with van der Waals surface area (Å²) >= 11 is 0. The molecule has 0 heterocycles. The molecule has 0 spiro atoms. The number of hydrogen-bond acceptors (Lipinski definition) is 3. The molecule has 0 saturated heterocycles. The summed E-state index contributed by atoms with van der Waals surface area (Å²) in [4.78, 5) is -0.327. The molecule has 0 aliphatic carbocycles. The molecule has 0 fully saturated rings. The first-order valence-corrected chi connectivity index (χ1v) is 17.6. The summed E-state index contributed by atoms with van der Waals surface area (Å²) < 4.78 is 34.6. The van der Waals surface area contributed by atoms with Gasteiger partial charge < -0.3 is 5.11 Å². The number of phenols is 1. The molecule has 0 aromatic heterocycles. The van der Waals surface area contributed by atoms with Gasteiger partial charge in [-0.25, -0.2) is 0 Å². The van der Waals surface area contributed by atoms with Gasteiger partial charge in [-0.3, -0.25) is 4.55 Å². The maximum absolute atomic E-state index is 12.3. The van der Waals surface area contributed by atoms with Crippen molar-refractivity contribution in [2.45, 2.75) is 160 Å². The van der Waals surface area contributed by atoms with Gasteiger partial charge in [-0.2, -0.15) is 8.42 Å². The quantitative estimate of drug-likeness (QED) is 0.105. The summed E-state index contributed by atoms with van der Waals surface area (Å²) in [5.74, 6) is -0.241. The summed E-state index contributed by atoms with van der Waals surface area (Å²) in [5.41, 5.74) is 1.78. The number of unbranched alkanes of at least 4 members (excludes halogenated alkanes) is 18. The monoisotopic (exact) mass is 560 g/mol. The Hall–Kier alpha value is -1.59. The van der Waals surface area contributed by atoms with Gasteiger partial charge in [0.1, 0.15) is 10.6 Å². The van der Waals surface area contributed by atoms with Crippen molar-refractivity contribution in [2.24, 2.45) is 0 Å². The lowest BCUT2D eigenvalue weighted by molar-refractivity contribution is 0.437. The molecular weight excluding hydrogens is 504 g/mol. The molecule has 2 aromatic rings. The summed E-state index contributed by atoms with van der Waals surface area (Å²) in [7, 11) is -4.55. The fraction of sp³-hybridized carbons (Fsp3) is 0.706. The van der Waals surface area contributed by atoms with E-state index in [1.54, 1.807) is 12.1 Å². The van der Waals surface area contributed by atoms with Crippen molar-refractivity contribution in [2.75, 3.05) is 0 Å². The van der Waals surface area contributed by atoms with Crippen LogP contribution in [0.5, 0.6) is 5.75 Å². The molecule has 0 saturated carbocycles. The molecule has 5 heteroatoms. The first-order valence-electron chi connectivity index (χ1n) is 16.1. The highest BCUT2D eigenvalue weighted by molar-refractivity contribution is 7.86. The highest BCUT2D eigenvalue weighted by Crippen LogP contribution is 2.40. The van der Waals surface area contributed by atoms with Gasteiger partial charge in [-0.05, 0) is 42.2 Å². The molecule has 0 unspecified atom stereocenters. The van der Waals surface area contributed by atoms with Gasteiger partial charge in [0.15, 0.2) is 0 Å². The molecule has 0 bridgehead atoms. The average Bonchev–Trinajstić information content (AvgIpc) is 2.91. The number of phenolic OH excluding ortho intramolecular Hbond substituents is 1. The predicted octanol–water partition coefficient (Wildman–Crippen LogP) is 10.7. The standard InChI is InChI=1S/C34H56O4S/c1-3-5-7-9-11-13-15-17-19-21-25-29-30-26-23-24-28-32(30)34(39(36,37)38)33(35)31(29)27-22-20-18-16-14-12-10-8-6-4-2/h23-24,26,28,35H,3-22,25,27H2,1-2H3,(H,36,37,38). The molecule has 222 valence electrons. The molecule has 39 heavy (non-hydrogen) atoms. The van der Waals surface area contributed by atoms with E-state index in [-0.39, 0.29) is 10.6 Å². The van der Waals surface area contributed by atoms with E-state index in [0.29, 0.717) is 11.8 Å². The topological polar surface area (TPSA) is 74.6 Å². The molecule has 2 rings (SSSR count). The minimum Gasteiger partial charge on any atom is -0.506 e. The summed E-state index contributed by atoms with van der Waals surface area (Å²) in [6, 6.07) is 7.32. The van der Waals surface area contributed by atoms with E-state index in [1.807, 2.05) is 12.1 Å². The van der Waals surface area contributed by atoms with Crippen molar-refractivity contribution >= 4 is 20.9 Å². The fourth-order valence-electron chi connectivity index (χ4n) is 5.91. The molecule has 2 aromatic carbocycles. The lowest BCUT2D eigenvalue weighted by Crippen LogP contribution is -2.06. The average molecular weight is 561 g/mol. The molecule has 0 radical (unpaired) electrons. The Labute approximate surface area is 239 Å². The van der Waals surface area contributed by atoms with Crippen LogP contribution in [0, 0.1) is 0 Å². The molecule has 2 N–H and O–H groups in total. The lowest BCUT2D eigenvalue weighted by atomic mass is 9.90. The maximum Gasteiger partial charge on any atom is 0.298 e. The Morgan fingerprint density at radius 1 is 0.538 bits per heavy atom. The van der Waals surface area contributed by atoms with E-state index in [2.05, 4.69) is 13.8 Å². The first kappa shape index (κ1) is 33.6. The van der Waals surface area contributed by atoms with E-state index in [9.17, 15) is 18.1 Å². The second kappa shape index (κ2) is 19.5. The third kappa shape index (κ3) is 12.2. The Morgan fingerprint density at radius 2 is 0.897 bits per heavy atom. The van der Waals surface area contributed by atoms with Crippen LogP contribution in [0.3, 0.4) is 0 Å². The zero-order valence-corrected chi connectivity index (χ0v) is 25.8. The first-order chi connectivity index (χ1) is 18.9. The molecule has 0 aliphatic heterocycles. The van der Waals surface area contributed by atoms with Crippen LogP contribution in [-0.2, 0) is 23.0 Å². The normalized spacial score (nSPS) is 12.0. The smallest absolute Gasteiger partial charge is 0.298 e. The van der Waals surface area contributed by atoms with E-state index >= 15 is 0 Å². The van der Waals surface area contributed by atoms with Crippen molar-refractivity contribution < 1.29 is 18.1 Å². The van der Waals surface area contributed by atoms with Crippen LogP contribution in [0.1, 0.15) is 153 Å². The van der Waals surface area contributed by atoms with Crippen molar-refractivity contribution in [3.63, 3.8) is 0 Å². The van der Waals surface area contributed by atoms with Crippen LogP contribution in [-0.4, -0.2) is 18.1 Å². The molecule has 0 amide bonds. The summed E-state index contributed by atoms with van der Waals surface area (Å²) in [6.45, 7) is 4.50. The number of hydrogen-bond donors (Lipinski definition) is 2. The second-order valence-corrected chi connectivity index (χ2v) is 12.9. The Kier molecular flexibility index (Phi) is 16.8. The fourth-order valence-corrected chi connectivity index (χ4v) is 6.73. The minimum absolute atomic E-state index is 0.241. The van der Waals surface area contributed by atoms with Crippen molar-refractivity contribution in [1.82, 2.24) is 0 Å². The Morgan fingerprint density at radius 3 is 1.31 bits per heavy atom. The van der Waals surface area contributed by atoms with Crippen LogP contribution in [0.25, 0.3) is 10.8 Å². The highest BCUT2D eigenvalue weighted by atomic mass is 32.2. The van der Waals surface area contributed by atoms with Gasteiger partial charge in [-0.15, -0.1) is 0 Å². The third-order valence-corrected chi connectivity index (χ3v) is 9.11. The van der Waals surface area contributed by atoms with E-state index in [4.69, 9.17) is 0 Å². The van der Waals surface area contributed by atoms with Gasteiger partial charge in [0.05, 0.1) is 0 Å². The van der Waals surface area contributed by atoms with E-state index in [1.165, 1.54) is 103 Å². The number of benzene rings is 2. The van der Waals surface area contributed by atoms with Crippen molar-refractivity contribution in [1.29, 1.82) is 0 Å². The van der Waals surface area contributed by atoms with Gasteiger partial charge in [0, 0.05) is 5.39 Å². The summed E-state index contributed by atoms with van der Waals surface area (Å²) in [6.07, 6.45) is 26.4. The van der Waals surface area contributed by atoms with Gasteiger partial charge in [0.25, 0.3) is 10.1 Å². The lowest BCUT2D eigenvalue weighted by Gasteiger charge is -2.18. The van der Waals surface area contributed by atoms with Crippen LogP contribution in [0.4, 0.5) is 0 Å². The molecule has 0 aliphatic rings. The SMILES string of the molecule is CCCCCCCCCCCCc1c(O)c(S(=O)(=O)O)c2ccccc2c1CCCCCCCCCCCC. The maximum atomic E-state index is 12.3. The Balaban J connectivity index is 2.00. The molecular formula is C34H56O4S. The number of aryl methyl sites for hydroxylation is 1. The van der Waals surface area contributed by atoms with E-state index in [0.717, 1.165) is 48.6 Å². The van der Waals surface area contributed by atoms with Gasteiger partial charge >= 0.3 is 0 Å². The van der Waals surface area contributed by atoms with Crippen LogP contribution >= 0.6 is 0 Å².